The SMILES string of the molecule is Cc1c[nH]c2cccc(OC(=O)CC(=O)Oc3cccc4[nH]cc(C[C@H]5CCCN5C)c34)c12. The lowest BCUT2D eigenvalue weighted by molar-refractivity contribution is -0.144. The average Bonchev–Trinajstić information content (AvgIpc) is 3.49. The van der Waals surface area contributed by atoms with Gasteiger partial charge in [0.1, 0.15) is 17.9 Å². The molecule has 3 heterocycles. The summed E-state index contributed by atoms with van der Waals surface area (Å²) >= 11 is 0. The van der Waals surface area contributed by atoms with Gasteiger partial charge in [-0.2, -0.15) is 0 Å². The molecule has 0 radical (unpaired) electrons. The topological polar surface area (TPSA) is 87.4 Å². The molecule has 1 atom stereocenters. The van der Waals surface area contributed by atoms with Crippen LogP contribution in [0, 0.1) is 6.92 Å². The number of carbonyl (C=O) groups is 2. The lowest BCUT2D eigenvalue weighted by atomic mass is 10.0. The Hall–Kier alpha value is -3.58. The Balaban J connectivity index is 1.30. The maximum absolute atomic E-state index is 12.6. The number of likely N-dealkylation sites (N-methyl/N-ethyl adjacent to an activating group) is 1. The molecule has 7 heteroatoms. The fraction of sp³-hybridized carbons (Fsp3) is 0.308. The highest BCUT2D eigenvalue weighted by Crippen LogP contribution is 2.32. The van der Waals surface area contributed by atoms with E-state index in [-0.39, 0.29) is 0 Å². The number of esters is 2. The van der Waals surface area contributed by atoms with Crippen LogP contribution in [0.1, 0.15) is 30.4 Å². The van der Waals surface area contributed by atoms with Crippen LogP contribution in [0.2, 0.25) is 0 Å². The Kier molecular flexibility index (Phi) is 5.64. The summed E-state index contributed by atoms with van der Waals surface area (Å²) in [6.07, 6.45) is 6.61. The fourth-order valence-corrected chi connectivity index (χ4v) is 4.79. The van der Waals surface area contributed by atoms with Gasteiger partial charge in [-0.15, -0.1) is 0 Å². The average molecular weight is 446 g/mol. The van der Waals surface area contributed by atoms with Crippen LogP contribution in [0.25, 0.3) is 21.8 Å². The third-order valence-electron chi connectivity index (χ3n) is 6.48. The van der Waals surface area contributed by atoms with Gasteiger partial charge >= 0.3 is 11.9 Å². The van der Waals surface area contributed by atoms with Gasteiger partial charge in [-0.3, -0.25) is 9.59 Å². The van der Waals surface area contributed by atoms with Crippen LogP contribution in [-0.2, 0) is 16.0 Å². The number of benzene rings is 2. The van der Waals surface area contributed by atoms with Gasteiger partial charge in [0, 0.05) is 40.2 Å². The van der Waals surface area contributed by atoms with Crippen LogP contribution in [0.5, 0.6) is 11.5 Å². The van der Waals surface area contributed by atoms with E-state index in [4.69, 9.17) is 9.47 Å². The highest BCUT2D eigenvalue weighted by molar-refractivity contribution is 5.98. The Morgan fingerprint density at radius 1 is 0.970 bits per heavy atom. The number of aryl methyl sites for hydroxylation is 1. The van der Waals surface area contributed by atoms with Crippen molar-refractivity contribution in [3.8, 4) is 11.5 Å². The molecular weight excluding hydrogens is 418 g/mol. The Labute approximate surface area is 191 Å². The van der Waals surface area contributed by atoms with E-state index in [9.17, 15) is 9.59 Å². The minimum absolute atomic E-state index is 0.430. The largest absolute Gasteiger partial charge is 0.425 e. The molecule has 0 spiro atoms. The first-order valence-corrected chi connectivity index (χ1v) is 11.3. The van der Waals surface area contributed by atoms with Gasteiger partial charge in [0.25, 0.3) is 0 Å². The molecular formula is C26H27N3O4. The van der Waals surface area contributed by atoms with Crippen molar-refractivity contribution in [2.24, 2.45) is 0 Å². The van der Waals surface area contributed by atoms with Crippen LogP contribution in [0.3, 0.4) is 0 Å². The summed E-state index contributed by atoms with van der Waals surface area (Å²) < 4.78 is 11.1. The number of aromatic nitrogens is 2. The molecule has 4 aromatic rings. The fourth-order valence-electron chi connectivity index (χ4n) is 4.79. The third-order valence-corrected chi connectivity index (χ3v) is 6.48. The monoisotopic (exact) mass is 445 g/mol. The molecule has 33 heavy (non-hydrogen) atoms. The second-order valence-electron chi connectivity index (χ2n) is 8.75. The van der Waals surface area contributed by atoms with Crippen molar-refractivity contribution in [3.05, 3.63) is 59.9 Å². The molecule has 0 amide bonds. The van der Waals surface area contributed by atoms with E-state index in [1.165, 1.54) is 6.42 Å². The van der Waals surface area contributed by atoms with Gasteiger partial charge in [0.15, 0.2) is 0 Å². The maximum Gasteiger partial charge on any atom is 0.322 e. The summed E-state index contributed by atoms with van der Waals surface area (Å²) in [5.41, 5.74) is 3.87. The molecule has 170 valence electrons. The lowest BCUT2D eigenvalue weighted by Crippen LogP contribution is -2.26. The number of H-pyrrole nitrogens is 2. The maximum atomic E-state index is 12.6. The molecule has 1 aliphatic heterocycles. The van der Waals surface area contributed by atoms with E-state index < -0.39 is 18.4 Å². The molecule has 0 saturated carbocycles. The number of carbonyl (C=O) groups excluding carboxylic acids is 2. The highest BCUT2D eigenvalue weighted by atomic mass is 16.6. The summed E-state index contributed by atoms with van der Waals surface area (Å²) in [6.45, 7) is 3.04. The van der Waals surface area contributed by atoms with Crippen molar-refractivity contribution in [1.29, 1.82) is 0 Å². The Morgan fingerprint density at radius 3 is 2.27 bits per heavy atom. The van der Waals surface area contributed by atoms with Gasteiger partial charge in [-0.25, -0.2) is 0 Å². The van der Waals surface area contributed by atoms with E-state index in [1.807, 2.05) is 37.5 Å². The van der Waals surface area contributed by atoms with Crippen molar-refractivity contribution in [1.82, 2.24) is 14.9 Å². The van der Waals surface area contributed by atoms with Crippen LogP contribution in [0.15, 0.2) is 48.8 Å². The summed E-state index contributed by atoms with van der Waals surface area (Å²) in [6, 6.07) is 11.5. The molecule has 1 aliphatic rings. The minimum atomic E-state index is -0.651. The number of hydrogen-bond donors (Lipinski definition) is 2. The Bertz CT molecular complexity index is 1340. The smallest absolute Gasteiger partial charge is 0.322 e. The molecule has 0 unspecified atom stereocenters. The number of ether oxygens (including phenoxy) is 2. The van der Waals surface area contributed by atoms with Gasteiger partial charge in [-0.1, -0.05) is 12.1 Å². The number of aromatic amines is 2. The van der Waals surface area contributed by atoms with Crippen LogP contribution in [0.4, 0.5) is 0 Å². The van der Waals surface area contributed by atoms with E-state index in [0.717, 1.165) is 52.3 Å². The number of nitrogens with zero attached hydrogens (tertiary/aromatic N) is 1. The van der Waals surface area contributed by atoms with Gasteiger partial charge in [-0.05, 0) is 75.2 Å². The number of rotatable bonds is 6. The summed E-state index contributed by atoms with van der Waals surface area (Å²) in [7, 11) is 2.15. The lowest BCUT2D eigenvalue weighted by Gasteiger charge is -2.19. The standard InChI is InChI=1S/C26H27N3O4/c1-16-14-27-19-7-3-9-21(25(16)19)32-23(30)13-24(31)33-22-10-4-8-20-26(22)17(15-28-20)12-18-6-5-11-29(18)2/h3-4,7-10,14-15,18,27-28H,5-6,11-13H2,1-2H3/t18-/m1/s1. The zero-order valence-corrected chi connectivity index (χ0v) is 18.8. The second kappa shape index (κ2) is 8.75. The number of likely N-dealkylation sites (tertiary alicyclic amines) is 1. The van der Waals surface area contributed by atoms with Crippen molar-refractivity contribution in [2.45, 2.75) is 38.6 Å². The molecule has 5 rings (SSSR count). The normalized spacial score (nSPS) is 16.5. The van der Waals surface area contributed by atoms with E-state index in [2.05, 4.69) is 21.9 Å². The Morgan fingerprint density at radius 2 is 1.61 bits per heavy atom. The van der Waals surface area contributed by atoms with E-state index in [0.29, 0.717) is 17.5 Å². The predicted octanol–water partition coefficient (Wildman–Crippen LogP) is 4.50. The number of nitrogens with one attached hydrogen (secondary N) is 2. The van der Waals surface area contributed by atoms with Crippen LogP contribution in [-0.4, -0.2) is 46.4 Å². The molecule has 1 fully saturated rings. The predicted molar refractivity (Wildman–Crippen MR) is 127 cm³/mol. The first kappa shape index (κ1) is 21.3. The first-order chi connectivity index (χ1) is 16.0. The summed E-state index contributed by atoms with van der Waals surface area (Å²) in [4.78, 5) is 33.9. The summed E-state index contributed by atoms with van der Waals surface area (Å²) in [5, 5.41) is 1.73. The van der Waals surface area contributed by atoms with Gasteiger partial charge in [0.2, 0.25) is 0 Å². The minimum Gasteiger partial charge on any atom is -0.425 e. The van der Waals surface area contributed by atoms with Crippen molar-refractivity contribution < 1.29 is 19.1 Å². The van der Waals surface area contributed by atoms with E-state index >= 15 is 0 Å². The summed E-state index contributed by atoms with van der Waals surface area (Å²) in [5.74, 6) is -0.400. The van der Waals surface area contributed by atoms with Crippen molar-refractivity contribution in [3.63, 3.8) is 0 Å². The van der Waals surface area contributed by atoms with Crippen molar-refractivity contribution >= 4 is 33.7 Å². The molecule has 1 saturated heterocycles. The third kappa shape index (κ3) is 4.24. The van der Waals surface area contributed by atoms with E-state index in [1.54, 1.807) is 18.2 Å². The number of hydrogen-bond acceptors (Lipinski definition) is 5. The number of fused-ring (bicyclic) bond motifs is 2. The van der Waals surface area contributed by atoms with Gasteiger partial charge in [0.05, 0.1) is 0 Å². The van der Waals surface area contributed by atoms with Crippen LogP contribution >= 0.6 is 0 Å². The molecule has 2 N–H and O–H groups in total. The zero-order valence-electron chi connectivity index (χ0n) is 18.8. The molecule has 0 aliphatic carbocycles. The zero-order chi connectivity index (χ0) is 22.9. The molecule has 0 bridgehead atoms. The van der Waals surface area contributed by atoms with Crippen molar-refractivity contribution in [2.75, 3.05) is 13.6 Å². The molecule has 2 aromatic carbocycles. The second-order valence-corrected chi connectivity index (χ2v) is 8.75. The first-order valence-electron chi connectivity index (χ1n) is 11.3. The van der Waals surface area contributed by atoms with Gasteiger partial charge < -0.3 is 24.3 Å². The molecule has 2 aromatic heterocycles. The highest BCUT2D eigenvalue weighted by Gasteiger charge is 2.24. The van der Waals surface area contributed by atoms with Crippen LogP contribution < -0.4 is 9.47 Å². The quantitative estimate of drug-likeness (QED) is 0.259. The molecule has 7 nitrogen and oxygen atoms in total.